The normalized spacial score (nSPS) is 15.9. The quantitative estimate of drug-likeness (QED) is 0.355. The number of rotatable bonds is 4. The van der Waals surface area contributed by atoms with Crippen LogP contribution in [0.15, 0.2) is 35.2 Å². The highest BCUT2D eigenvalue weighted by molar-refractivity contribution is 7.89. The van der Waals surface area contributed by atoms with Crippen LogP contribution in [-0.2, 0) is 16.4 Å². The number of nitrogen functional groups attached to an aromatic ring is 1. The largest absolute Gasteiger partial charge is 0.375 e. The number of nitrogens with one attached hydrogen (secondary N) is 4. The minimum Gasteiger partial charge on any atom is -0.375 e. The third kappa shape index (κ3) is 4.05. The summed E-state index contributed by atoms with van der Waals surface area (Å²) in [5, 5.41) is 6.21. The van der Waals surface area contributed by atoms with Crippen LogP contribution in [0.3, 0.4) is 0 Å². The second kappa shape index (κ2) is 7.54. The highest BCUT2D eigenvalue weighted by atomic mass is 32.2. The number of primary sulfonamides is 1. The summed E-state index contributed by atoms with van der Waals surface area (Å²) in [6.45, 7) is 6.17. The van der Waals surface area contributed by atoms with Crippen LogP contribution in [0.4, 0.5) is 5.13 Å². The Bertz CT molecular complexity index is 1210. The van der Waals surface area contributed by atoms with Gasteiger partial charge in [0, 0.05) is 11.1 Å². The smallest absolute Gasteiger partial charge is 0.238 e. The molecule has 30 heavy (non-hydrogen) atoms. The van der Waals surface area contributed by atoms with E-state index in [2.05, 4.69) is 47.7 Å². The Kier molecular flexibility index (Phi) is 5.31. The Morgan fingerprint density at radius 2 is 1.80 bits per heavy atom. The monoisotopic (exact) mass is 447 g/mol. The molecule has 2 heterocycles. The molecule has 160 valence electrons. The van der Waals surface area contributed by atoms with Gasteiger partial charge in [-0.15, -0.1) is 0 Å². The first-order valence-corrected chi connectivity index (χ1v) is 11.8. The topological polar surface area (TPSA) is 147 Å². The minimum absolute atomic E-state index is 0.116. The number of sulfonamides is 1. The van der Waals surface area contributed by atoms with Crippen molar-refractivity contribution in [2.75, 3.05) is 5.73 Å². The highest BCUT2D eigenvalue weighted by Crippen LogP contribution is 2.40. The molecule has 0 amide bonds. The van der Waals surface area contributed by atoms with Gasteiger partial charge in [-0.1, -0.05) is 56.4 Å². The molecular formula is C19H25N7O2S2. The number of aromatic nitrogens is 1. The van der Waals surface area contributed by atoms with E-state index in [1.807, 2.05) is 30.3 Å². The predicted molar refractivity (Wildman–Crippen MR) is 119 cm³/mol. The second-order valence-corrected chi connectivity index (χ2v) is 11.0. The van der Waals surface area contributed by atoms with Crippen LogP contribution in [0.1, 0.15) is 38.1 Å². The number of nitrogens with zero attached hydrogens (tertiary/aromatic N) is 1. The van der Waals surface area contributed by atoms with Gasteiger partial charge in [-0.25, -0.2) is 29.4 Å². The van der Waals surface area contributed by atoms with Gasteiger partial charge >= 0.3 is 0 Å². The summed E-state index contributed by atoms with van der Waals surface area (Å²) in [6, 6.07) is 9.53. The van der Waals surface area contributed by atoms with E-state index in [-0.39, 0.29) is 10.3 Å². The van der Waals surface area contributed by atoms with E-state index >= 15 is 0 Å². The maximum Gasteiger partial charge on any atom is 0.238 e. The van der Waals surface area contributed by atoms with Crippen molar-refractivity contribution in [1.29, 1.82) is 0 Å². The number of hydrogen-bond donors (Lipinski definition) is 6. The van der Waals surface area contributed by atoms with Crippen molar-refractivity contribution in [1.82, 2.24) is 26.9 Å². The maximum atomic E-state index is 12.8. The molecule has 9 nitrogen and oxygen atoms in total. The van der Waals surface area contributed by atoms with Crippen molar-refractivity contribution in [2.45, 2.75) is 38.3 Å². The third-order valence-corrected chi connectivity index (χ3v) is 6.69. The fraction of sp³-hybridized carbons (Fsp3) is 0.316. The molecule has 0 saturated carbocycles. The van der Waals surface area contributed by atoms with Crippen molar-refractivity contribution in [3.8, 4) is 11.1 Å². The number of benzene rings is 2. The van der Waals surface area contributed by atoms with Crippen LogP contribution in [-0.4, -0.2) is 13.4 Å². The Morgan fingerprint density at radius 1 is 1.10 bits per heavy atom. The standard InChI is InChI=1S/C19H25N7O2S2/c1-19(2,3)9-10-7-8-11(12-5-4-6-13-15(12)22-18(20)29-13)14(16(10)30(21,27)28)17-23-25-26-24-17/h4-8,17,23-26H,9H2,1-3H3,(H2,20,22)(H2,21,27,28). The molecule has 0 bridgehead atoms. The number of thiazole rings is 1. The number of hydrogen-bond acceptors (Lipinski definition) is 9. The fourth-order valence-electron chi connectivity index (χ4n) is 3.79. The molecule has 0 spiro atoms. The molecule has 0 radical (unpaired) electrons. The Labute approximate surface area is 179 Å². The summed E-state index contributed by atoms with van der Waals surface area (Å²) in [7, 11) is -4.03. The lowest BCUT2D eigenvalue weighted by Crippen LogP contribution is -2.33. The van der Waals surface area contributed by atoms with Crippen LogP contribution < -0.4 is 32.8 Å². The summed E-state index contributed by atoms with van der Waals surface area (Å²) < 4.78 is 26.6. The van der Waals surface area contributed by atoms with Gasteiger partial charge in [0.15, 0.2) is 5.13 Å². The molecule has 1 aliphatic heterocycles. The van der Waals surface area contributed by atoms with E-state index in [0.29, 0.717) is 28.2 Å². The van der Waals surface area contributed by atoms with Crippen LogP contribution in [0, 0.1) is 5.41 Å². The average Bonchev–Trinajstić information content (AvgIpc) is 3.27. The van der Waals surface area contributed by atoms with Crippen molar-refractivity contribution in [3.05, 3.63) is 41.5 Å². The number of hydrazine groups is 3. The summed E-state index contributed by atoms with van der Waals surface area (Å²) in [6.07, 6.45) is 0.00693. The van der Waals surface area contributed by atoms with Gasteiger partial charge in [0.2, 0.25) is 10.0 Å². The lowest BCUT2D eigenvalue weighted by Gasteiger charge is -2.25. The molecule has 1 aromatic heterocycles. The fourth-order valence-corrected chi connectivity index (χ4v) is 5.59. The predicted octanol–water partition coefficient (Wildman–Crippen LogP) is 1.90. The van der Waals surface area contributed by atoms with Gasteiger partial charge in [-0.2, -0.15) is 11.1 Å². The molecule has 8 N–H and O–H groups in total. The first-order valence-electron chi connectivity index (χ1n) is 9.40. The van der Waals surface area contributed by atoms with E-state index < -0.39 is 16.2 Å². The van der Waals surface area contributed by atoms with Gasteiger partial charge in [-0.3, -0.25) is 0 Å². The van der Waals surface area contributed by atoms with E-state index in [9.17, 15) is 8.42 Å². The van der Waals surface area contributed by atoms with Gasteiger partial charge in [0.05, 0.1) is 15.1 Å². The van der Waals surface area contributed by atoms with Gasteiger partial charge in [0.1, 0.15) is 6.17 Å². The molecule has 0 atom stereocenters. The SMILES string of the molecule is CC(C)(C)Cc1ccc(-c2cccc3sc(N)nc23)c(C2NNNN2)c1S(N)(=O)=O. The Balaban J connectivity index is 2.06. The lowest BCUT2D eigenvalue weighted by molar-refractivity contribution is 0.406. The maximum absolute atomic E-state index is 12.8. The van der Waals surface area contributed by atoms with E-state index in [1.165, 1.54) is 11.3 Å². The molecule has 3 aromatic rings. The number of nitrogens with two attached hydrogens (primary N) is 2. The number of fused-ring (bicyclic) bond motifs is 1. The van der Waals surface area contributed by atoms with Crippen LogP contribution >= 0.6 is 11.3 Å². The Hall–Kier alpha value is -2.12. The molecule has 1 aliphatic rings. The summed E-state index contributed by atoms with van der Waals surface area (Å²) in [4.78, 5) is 4.59. The average molecular weight is 448 g/mol. The van der Waals surface area contributed by atoms with Gasteiger partial charge in [0.25, 0.3) is 0 Å². The number of para-hydroxylation sites is 1. The molecule has 0 unspecified atom stereocenters. The second-order valence-electron chi connectivity index (χ2n) is 8.47. The van der Waals surface area contributed by atoms with Crippen molar-refractivity contribution < 1.29 is 8.42 Å². The molecule has 11 heteroatoms. The first-order chi connectivity index (χ1) is 14.0. The molecule has 0 aliphatic carbocycles. The van der Waals surface area contributed by atoms with Crippen molar-refractivity contribution in [2.24, 2.45) is 10.6 Å². The van der Waals surface area contributed by atoms with E-state index in [0.717, 1.165) is 15.8 Å². The summed E-state index contributed by atoms with van der Waals surface area (Å²) in [5.41, 5.74) is 20.8. The van der Waals surface area contributed by atoms with Crippen LogP contribution in [0.2, 0.25) is 0 Å². The van der Waals surface area contributed by atoms with Crippen molar-refractivity contribution >= 4 is 36.7 Å². The van der Waals surface area contributed by atoms with Gasteiger partial charge in [-0.05, 0) is 29.0 Å². The lowest BCUT2D eigenvalue weighted by atomic mass is 9.85. The minimum atomic E-state index is -4.03. The summed E-state index contributed by atoms with van der Waals surface area (Å²) >= 11 is 1.39. The molecule has 1 saturated heterocycles. The molecular weight excluding hydrogens is 422 g/mol. The third-order valence-electron chi connectivity index (χ3n) is 4.79. The molecule has 1 fully saturated rings. The highest BCUT2D eigenvalue weighted by Gasteiger charge is 2.31. The van der Waals surface area contributed by atoms with Gasteiger partial charge < -0.3 is 5.73 Å². The van der Waals surface area contributed by atoms with Crippen molar-refractivity contribution in [3.63, 3.8) is 0 Å². The van der Waals surface area contributed by atoms with Crippen LogP contribution in [0.5, 0.6) is 0 Å². The number of anilines is 1. The van der Waals surface area contributed by atoms with Crippen LogP contribution in [0.25, 0.3) is 21.3 Å². The zero-order valence-corrected chi connectivity index (χ0v) is 18.5. The summed E-state index contributed by atoms with van der Waals surface area (Å²) in [5.74, 6) is 0. The van der Waals surface area contributed by atoms with E-state index in [1.54, 1.807) is 0 Å². The molecule has 4 rings (SSSR count). The zero-order valence-electron chi connectivity index (χ0n) is 16.9. The zero-order chi connectivity index (χ0) is 21.7. The Morgan fingerprint density at radius 3 is 2.43 bits per heavy atom. The molecule has 2 aromatic carbocycles. The van der Waals surface area contributed by atoms with E-state index in [4.69, 9.17) is 10.9 Å². The first kappa shape index (κ1) is 21.1.